The molecule has 2 amide bonds. The van der Waals surface area contributed by atoms with Crippen molar-refractivity contribution in [2.75, 3.05) is 5.32 Å². The van der Waals surface area contributed by atoms with Crippen LogP contribution < -0.4 is 10.6 Å². The van der Waals surface area contributed by atoms with Crippen molar-refractivity contribution in [1.29, 1.82) is 0 Å². The van der Waals surface area contributed by atoms with Crippen LogP contribution in [0.4, 0.5) is 10.5 Å². The van der Waals surface area contributed by atoms with Gasteiger partial charge in [-0.3, -0.25) is 0 Å². The Morgan fingerprint density at radius 2 is 1.95 bits per heavy atom. The van der Waals surface area contributed by atoms with E-state index in [9.17, 15) is 9.59 Å². The summed E-state index contributed by atoms with van der Waals surface area (Å²) < 4.78 is 6.60. The average molecular weight is 418 g/mol. The third-order valence-electron chi connectivity index (χ3n) is 2.47. The van der Waals surface area contributed by atoms with Crippen molar-refractivity contribution in [1.82, 2.24) is 5.32 Å². The average Bonchev–Trinajstić information content (AvgIpc) is 2.90. The standard InChI is InChI=1S/C13H10Br2N2O4/c14-7-1-3-9(15)10(5-7)17-13(20)16-6-8-2-4-11(21-8)12(18)19/h1-5H,6H2,(H,18,19)(H2,16,17,20). The number of carboxylic acid groups (broad SMARTS) is 1. The second-order valence-corrected chi connectivity index (χ2v) is 5.77. The van der Waals surface area contributed by atoms with Gasteiger partial charge in [-0.25, -0.2) is 9.59 Å². The first-order valence-corrected chi connectivity index (χ1v) is 7.36. The SMILES string of the molecule is O=C(NCc1ccc(C(=O)O)o1)Nc1cc(Br)ccc1Br. The Morgan fingerprint density at radius 3 is 2.62 bits per heavy atom. The summed E-state index contributed by atoms with van der Waals surface area (Å²) in [6.45, 7) is 0.0880. The zero-order valence-electron chi connectivity index (χ0n) is 10.5. The minimum atomic E-state index is -1.15. The lowest BCUT2D eigenvalue weighted by Gasteiger charge is -2.08. The zero-order chi connectivity index (χ0) is 15.4. The molecule has 0 unspecified atom stereocenters. The van der Waals surface area contributed by atoms with Crippen molar-refractivity contribution < 1.29 is 19.1 Å². The third kappa shape index (κ3) is 4.33. The molecule has 2 aromatic rings. The normalized spacial score (nSPS) is 10.2. The van der Waals surface area contributed by atoms with E-state index in [-0.39, 0.29) is 12.3 Å². The second-order valence-electron chi connectivity index (χ2n) is 4.00. The van der Waals surface area contributed by atoms with Crippen molar-refractivity contribution in [2.45, 2.75) is 6.54 Å². The summed E-state index contributed by atoms with van der Waals surface area (Å²) in [4.78, 5) is 22.4. The molecule has 2 rings (SSSR count). The molecule has 6 nitrogen and oxygen atoms in total. The van der Waals surface area contributed by atoms with Crippen molar-refractivity contribution >= 4 is 49.5 Å². The molecule has 8 heteroatoms. The monoisotopic (exact) mass is 416 g/mol. The van der Waals surface area contributed by atoms with E-state index in [1.54, 1.807) is 12.1 Å². The number of hydrogen-bond acceptors (Lipinski definition) is 3. The maximum Gasteiger partial charge on any atom is 0.371 e. The first-order chi connectivity index (χ1) is 9.95. The zero-order valence-corrected chi connectivity index (χ0v) is 13.7. The van der Waals surface area contributed by atoms with Gasteiger partial charge in [-0.1, -0.05) is 15.9 Å². The van der Waals surface area contributed by atoms with Crippen LogP contribution in [-0.2, 0) is 6.54 Å². The molecule has 3 N–H and O–H groups in total. The van der Waals surface area contributed by atoms with Gasteiger partial charge in [0.05, 0.1) is 12.2 Å². The predicted molar refractivity (Wildman–Crippen MR) is 83.4 cm³/mol. The van der Waals surface area contributed by atoms with Crippen molar-refractivity contribution in [2.24, 2.45) is 0 Å². The van der Waals surface area contributed by atoms with Crippen LogP contribution >= 0.6 is 31.9 Å². The number of urea groups is 1. The Bertz CT molecular complexity index is 685. The summed E-state index contributed by atoms with van der Waals surface area (Å²) in [6, 6.07) is 7.79. The van der Waals surface area contributed by atoms with Crippen LogP contribution in [0.3, 0.4) is 0 Å². The number of nitrogens with one attached hydrogen (secondary N) is 2. The third-order valence-corrected chi connectivity index (χ3v) is 3.66. The van der Waals surface area contributed by atoms with E-state index >= 15 is 0 Å². The van der Waals surface area contributed by atoms with Gasteiger partial charge in [0, 0.05) is 8.95 Å². The van der Waals surface area contributed by atoms with Crippen molar-refractivity contribution in [3.63, 3.8) is 0 Å². The number of anilines is 1. The number of benzene rings is 1. The highest BCUT2D eigenvalue weighted by Gasteiger charge is 2.10. The first-order valence-electron chi connectivity index (χ1n) is 5.77. The van der Waals surface area contributed by atoms with Gasteiger partial charge in [0.2, 0.25) is 5.76 Å². The quantitative estimate of drug-likeness (QED) is 0.704. The Balaban J connectivity index is 1.92. The Kier molecular flexibility index (Phi) is 5.03. The van der Waals surface area contributed by atoms with E-state index in [1.807, 2.05) is 6.07 Å². The van der Waals surface area contributed by atoms with E-state index in [1.165, 1.54) is 12.1 Å². The fourth-order valence-electron chi connectivity index (χ4n) is 1.52. The van der Waals surface area contributed by atoms with Gasteiger partial charge >= 0.3 is 12.0 Å². The number of carbonyl (C=O) groups excluding carboxylic acids is 1. The highest BCUT2D eigenvalue weighted by Crippen LogP contribution is 2.26. The van der Waals surface area contributed by atoms with E-state index in [2.05, 4.69) is 42.5 Å². The van der Waals surface area contributed by atoms with E-state index in [0.717, 1.165) is 8.95 Å². The number of halogens is 2. The van der Waals surface area contributed by atoms with Crippen molar-refractivity contribution in [3.8, 4) is 0 Å². The highest BCUT2D eigenvalue weighted by atomic mass is 79.9. The summed E-state index contributed by atoms with van der Waals surface area (Å²) in [7, 11) is 0. The molecule has 0 saturated heterocycles. The smallest absolute Gasteiger partial charge is 0.371 e. The lowest BCUT2D eigenvalue weighted by molar-refractivity contribution is 0.0660. The topological polar surface area (TPSA) is 91.6 Å². The molecule has 0 atom stereocenters. The lowest BCUT2D eigenvalue weighted by atomic mass is 10.3. The summed E-state index contributed by atoms with van der Waals surface area (Å²) in [5, 5.41) is 14.0. The molecular weight excluding hydrogens is 408 g/mol. The van der Waals surface area contributed by atoms with E-state index < -0.39 is 12.0 Å². The van der Waals surface area contributed by atoms with Crippen LogP contribution in [0, 0.1) is 0 Å². The van der Waals surface area contributed by atoms with E-state index in [0.29, 0.717) is 11.4 Å². The lowest BCUT2D eigenvalue weighted by Crippen LogP contribution is -2.28. The fraction of sp³-hybridized carbons (Fsp3) is 0.0769. The summed E-state index contributed by atoms with van der Waals surface area (Å²) in [5.74, 6) is -0.957. The van der Waals surface area contributed by atoms with Gasteiger partial charge in [0.1, 0.15) is 5.76 Å². The molecular formula is C13H10Br2N2O4. The second kappa shape index (κ2) is 6.77. The maximum atomic E-state index is 11.8. The molecule has 0 radical (unpaired) electrons. The largest absolute Gasteiger partial charge is 0.475 e. The molecule has 0 spiro atoms. The number of amides is 2. The number of carboxylic acids is 1. The van der Waals surface area contributed by atoms with Crippen LogP contribution in [0.5, 0.6) is 0 Å². The van der Waals surface area contributed by atoms with Gasteiger partial charge in [-0.2, -0.15) is 0 Å². The number of rotatable bonds is 4. The van der Waals surface area contributed by atoms with Crippen LogP contribution in [0.2, 0.25) is 0 Å². The maximum absolute atomic E-state index is 11.8. The Hall–Kier alpha value is -1.80. The van der Waals surface area contributed by atoms with E-state index in [4.69, 9.17) is 9.52 Å². The molecule has 0 saturated carbocycles. The molecule has 0 bridgehead atoms. The minimum absolute atomic E-state index is 0.0880. The van der Waals surface area contributed by atoms with Gasteiger partial charge in [0.15, 0.2) is 0 Å². The van der Waals surface area contributed by atoms with Crippen LogP contribution in [-0.4, -0.2) is 17.1 Å². The highest BCUT2D eigenvalue weighted by molar-refractivity contribution is 9.11. The number of aromatic carboxylic acids is 1. The first kappa shape index (κ1) is 15.6. The number of carbonyl (C=O) groups is 2. The molecule has 1 heterocycles. The van der Waals surface area contributed by atoms with Gasteiger partial charge < -0.3 is 20.2 Å². The minimum Gasteiger partial charge on any atom is -0.475 e. The van der Waals surface area contributed by atoms with Crippen LogP contribution in [0.15, 0.2) is 43.7 Å². The van der Waals surface area contributed by atoms with Crippen LogP contribution in [0.1, 0.15) is 16.3 Å². The molecule has 1 aromatic carbocycles. The summed E-state index contributed by atoms with van der Waals surface area (Å²) in [5.41, 5.74) is 0.604. The summed E-state index contributed by atoms with van der Waals surface area (Å²) in [6.07, 6.45) is 0. The number of furan rings is 1. The molecule has 0 aliphatic carbocycles. The predicted octanol–water partition coefficient (Wildman–Crippen LogP) is 3.82. The van der Waals surface area contributed by atoms with Crippen molar-refractivity contribution in [3.05, 3.63) is 50.8 Å². The fourth-order valence-corrected chi connectivity index (χ4v) is 2.22. The summed E-state index contributed by atoms with van der Waals surface area (Å²) >= 11 is 6.64. The molecule has 0 aliphatic rings. The molecule has 21 heavy (non-hydrogen) atoms. The molecule has 0 fully saturated rings. The molecule has 110 valence electrons. The van der Waals surface area contributed by atoms with Gasteiger partial charge in [-0.15, -0.1) is 0 Å². The Labute approximate surface area is 136 Å². The van der Waals surface area contributed by atoms with Crippen LogP contribution in [0.25, 0.3) is 0 Å². The van der Waals surface area contributed by atoms with Gasteiger partial charge in [-0.05, 0) is 46.3 Å². The number of hydrogen-bond donors (Lipinski definition) is 3. The van der Waals surface area contributed by atoms with Gasteiger partial charge in [0.25, 0.3) is 0 Å². The Morgan fingerprint density at radius 1 is 1.19 bits per heavy atom. The molecule has 1 aromatic heterocycles. The molecule has 0 aliphatic heterocycles.